The Morgan fingerprint density at radius 3 is 2.45 bits per heavy atom. The molecule has 0 aromatic heterocycles. The number of carbonyl (C=O) groups is 2. The minimum Gasteiger partial charge on any atom is -0.497 e. The molecule has 3 rings (SSSR count). The van der Waals surface area contributed by atoms with E-state index < -0.39 is 15.9 Å². The Kier molecular flexibility index (Phi) is 8.10. The lowest BCUT2D eigenvalue weighted by molar-refractivity contribution is -0.131. The van der Waals surface area contributed by atoms with Gasteiger partial charge in [0.05, 0.1) is 24.6 Å². The fourth-order valence-corrected chi connectivity index (χ4v) is 5.61. The van der Waals surface area contributed by atoms with Crippen LogP contribution in [0.25, 0.3) is 0 Å². The second-order valence-corrected chi connectivity index (χ2v) is 9.76. The molecule has 2 aromatic carbocycles. The minimum atomic E-state index is -3.68. The standard InChI is InChI=1S/C24H31N3O5S/c1-4-26(5-2)33(30,31)21-9-6-8-19(16-21)24(29)25-17-23(28)27-15-7-10-22(27)18-11-13-20(32-3)14-12-18/h6,8-9,11-14,16,22H,4-5,7,10,15,17H2,1-3H3,(H,25,29). The lowest BCUT2D eigenvalue weighted by Crippen LogP contribution is -2.40. The molecule has 1 fully saturated rings. The van der Waals surface area contributed by atoms with Crippen molar-refractivity contribution in [2.45, 2.75) is 37.6 Å². The van der Waals surface area contributed by atoms with Crippen LogP contribution in [-0.4, -0.2) is 62.7 Å². The molecule has 0 spiro atoms. The van der Waals surface area contributed by atoms with Gasteiger partial charge in [-0.2, -0.15) is 4.31 Å². The summed E-state index contributed by atoms with van der Waals surface area (Å²) in [4.78, 5) is 27.4. The monoisotopic (exact) mass is 473 g/mol. The van der Waals surface area contributed by atoms with E-state index in [9.17, 15) is 18.0 Å². The first-order valence-electron chi connectivity index (χ1n) is 11.1. The summed E-state index contributed by atoms with van der Waals surface area (Å²) in [6, 6.07) is 13.5. The van der Waals surface area contributed by atoms with E-state index in [0.717, 1.165) is 24.2 Å². The molecule has 2 aromatic rings. The average molecular weight is 474 g/mol. The van der Waals surface area contributed by atoms with Crippen molar-refractivity contribution in [3.8, 4) is 5.75 Å². The molecule has 1 aliphatic heterocycles. The van der Waals surface area contributed by atoms with Gasteiger partial charge in [0.15, 0.2) is 0 Å². The van der Waals surface area contributed by atoms with Gasteiger partial charge in [-0.1, -0.05) is 32.0 Å². The SMILES string of the molecule is CCN(CC)S(=O)(=O)c1cccc(C(=O)NCC(=O)N2CCCC2c2ccc(OC)cc2)c1. The number of rotatable bonds is 9. The molecule has 8 nitrogen and oxygen atoms in total. The zero-order valence-corrected chi connectivity index (χ0v) is 20.1. The van der Waals surface area contributed by atoms with E-state index in [1.807, 2.05) is 24.3 Å². The molecule has 0 radical (unpaired) electrons. The van der Waals surface area contributed by atoms with Crippen LogP contribution in [0.3, 0.4) is 0 Å². The molecule has 9 heteroatoms. The highest BCUT2D eigenvalue weighted by atomic mass is 32.2. The molecular weight excluding hydrogens is 442 g/mol. The molecule has 0 bridgehead atoms. The number of nitrogens with one attached hydrogen (secondary N) is 1. The van der Waals surface area contributed by atoms with Gasteiger partial charge < -0.3 is 15.0 Å². The van der Waals surface area contributed by atoms with Gasteiger partial charge in [-0.05, 0) is 48.7 Å². The van der Waals surface area contributed by atoms with Gasteiger partial charge >= 0.3 is 0 Å². The first kappa shape index (κ1) is 24.7. The maximum Gasteiger partial charge on any atom is 0.251 e. The van der Waals surface area contributed by atoms with Crippen molar-refractivity contribution in [1.29, 1.82) is 0 Å². The topological polar surface area (TPSA) is 96.0 Å². The Labute approximate surface area is 195 Å². The van der Waals surface area contributed by atoms with Crippen molar-refractivity contribution in [3.05, 3.63) is 59.7 Å². The maximum atomic E-state index is 12.9. The van der Waals surface area contributed by atoms with E-state index >= 15 is 0 Å². The van der Waals surface area contributed by atoms with E-state index in [1.54, 1.807) is 25.9 Å². The van der Waals surface area contributed by atoms with E-state index in [2.05, 4.69) is 5.32 Å². The van der Waals surface area contributed by atoms with Gasteiger partial charge in [0.1, 0.15) is 5.75 Å². The van der Waals surface area contributed by atoms with Crippen LogP contribution in [0.5, 0.6) is 5.75 Å². The summed E-state index contributed by atoms with van der Waals surface area (Å²) >= 11 is 0. The van der Waals surface area contributed by atoms with E-state index in [0.29, 0.717) is 19.6 Å². The van der Waals surface area contributed by atoms with E-state index in [4.69, 9.17) is 4.74 Å². The highest BCUT2D eigenvalue weighted by Gasteiger charge is 2.30. The lowest BCUT2D eigenvalue weighted by Gasteiger charge is -2.25. The smallest absolute Gasteiger partial charge is 0.251 e. The summed E-state index contributed by atoms with van der Waals surface area (Å²) in [5.74, 6) is 0.0980. The normalized spacial score (nSPS) is 16.1. The molecule has 0 aliphatic carbocycles. The van der Waals surface area contributed by atoms with Crippen molar-refractivity contribution in [2.24, 2.45) is 0 Å². The second kappa shape index (κ2) is 10.8. The number of benzene rings is 2. The van der Waals surface area contributed by atoms with E-state index in [1.165, 1.54) is 28.6 Å². The predicted molar refractivity (Wildman–Crippen MR) is 126 cm³/mol. The minimum absolute atomic E-state index is 0.0390. The van der Waals surface area contributed by atoms with Crippen molar-refractivity contribution < 1.29 is 22.7 Å². The van der Waals surface area contributed by atoms with Gasteiger partial charge in [0.25, 0.3) is 5.91 Å². The molecule has 1 heterocycles. The van der Waals surface area contributed by atoms with Gasteiger partial charge in [0, 0.05) is 25.2 Å². The van der Waals surface area contributed by atoms with Crippen LogP contribution in [0, 0.1) is 0 Å². The van der Waals surface area contributed by atoms with Gasteiger partial charge in [-0.15, -0.1) is 0 Å². The highest BCUT2D eigenvalue weighted by Crippen LogP contribution is 2.32. The van der Waals surface area contributed by atoms with Gasteiger partial charge in [0.2, 0.25) is 15.9 Å². The third kappa shape index (κ3) is 5.54. The van der Waals surface area contributed by atoms with Crippen LogP contribution < -0.4 is 10.1 Å². The molecule has 1 saturated heterocycles. The molecule has 1 N–H and O–H groups in total. The quantitative estimate of drug-likeness (QED) is 0.604. The van der Waals surface area contributed by atoms with Gasteiger partial charge in [-0.3, -0.25) is 9.59 Å². The Morgan fingerprint density at radius 1 is 1.12 bits per heavy atom. The zero-order chi connectivity index (χ0) is 24.0. The summed E-state index contributed by atoms with van der Waals surface area (Å²) in [5, 5.41) is 2.64. The number of carbonyl (C=O) groups excluding carboxylic acids is 2. The van der Waals surface area contributed by atoms with Crippen LogP contribution in [-0.2, 0) is 14.8 Å². The number of hydrogen-bond acceptors (Lipinski definition) is 5. The molecule has 0 saturated carbocycles. The largest absolute Gasteiger partial charge is 0.497 e. The van der Waals surface area contributed by atoms with E-state index in [-0.39, 0.29) is 29.0 Å². The summed E-state index contributed by atoms with van der Waals surface area (Å²) in [6.45, 7) is 4.69. The molecule has 178 valence electrons. The first-order valence-corrected chi connectivity index (χ1v) is 12.6. The number of nitrogens with zero attached hydrogens (tertiary/aromatic N) is 2. The van der Waals surface area contributed by atoms with Crippen LogP contribution in [0.1, 0.15) is 48.7 Å². The first-order chi connectivity index (χ1) is 15.8. The number of ether oxygens (including phenoxy) is 1. The van der Waals surface area contributed by atoms with Crippen LogP contribution in [0.4, 0.5) is 0 Å². The third-order valence-corrected chi connectivity index (χ3v) is 7.96. The fourth-order valence-electron chi connectivity index (χ4n) is 4.11. The Balaban J connectivity index is 1.66. The summed E-state index contributed by atoms with van der Waals surface area (Å²) < 4.78 is 32.0. The van der Waals surface area contributed by atoms with Crippen molar-refractivity contribution >= 4 is 21.8 Å². The van der Waals surface area contributed by atoms with Gasteiger partial charge in [-0.25, -0.2) is 8.42 Å². The third-order valence-electron chi connectivity index (χ3n) is 5.91. The molecule has 1 aliphatic rings. The fraction of sp³-hybridized carbons (Fsp3) is 0.417. The van der Waals surface area contributed by atoms with Crippen molar-refractivity contribution in [2.75, 3.05) is 33.3 Å². The lowest BCUT2D eigenvalue weighted by atomic mass is 10.0. The average Bonchev–Trinajstić information content (AvgIpc) is 3.33. The number of sulfonamides is 1. The number of amides is 2. The number of likely N-dealkylation sites (tertiary alicyclic amines) is 1. The van der Waals surface area contributed by atoms with Crippen molar-refractivity contribution in [3.63, 3.8) is 0 Å². The Morgan fingerprint density at radius 2 is 1.82 bits per heavy atom. The molecule has 33 heavy (non-hydrogen) atoms. The predicted octanol–water partition coefficient (Wildman–Crippen LogP) is 2.82. The molecule has 2 amide bonds. The Bertz CT molecular complexity index is 1080. The Hall–Kier alpha value is -2.91. The molecule has 1 atom stereocenters. The van der Waals surface area contributed by atoms with Crippen LogP contribution in [0.15, 0.2) is 53.4 Å². The number of methoxy groups -OCH3 is 1. The number of hydrogen-bond donors (Lipinski definition) is 1. The summed E-state index contributed by atoms with van der Waals surface area (Å²) in [5.41, 5.74) is 1.23. The summed E-state index contributed by atoms with van der Waals surface area (Å²) in [6.07, 6.45) is 1.75. The van der Waals surface area contributed by atoms with Crippen molar-refractivity contribution in [1.82, 2.24) is 14.5 Å². The summed E-state index contributed by atoms with van der Waals surface area (Å²) in [7, 11) is -2.07. The molecule has 1 unspecified atom stereocenters. The second-order valence-electron chi connectivity index (χ2n) is 7.82. The maximum absolute atomic E-state index is 12.9. The van der Waals surface area contributed by atoms with Crippen LogP contribution in [0.2, 0.25) is 0 Å². The highest BCUT2D eigenvalue weighted by molar-refractivity contribution is 7.89. The zero-order valence-electron chi connectivity index (χ0n) is 19.3. The van der Waals surface area contributed by atoms with Crippen LogP contribution >= 0.6 is 0 Å². The molecular formula is C24H31N3O5S.